The van der Waals surface area contributed by atoms with Gasteiger partial charge in [-0.15, -0.1) is 0 Å². The summed E-state index contributed by atoms with van der Waals surface area (Å²) in [5.41, 5.74) is 1.69. The molecule has 2 saturated heterocycles. The van der Waals surface area contributed by atoms with Gasteiger partial charge in [-0.3, -0.25) is 14.4 Å². The minimum Gasteiger partial charge on any atom is -0.508 e. The number of nitrogens with zero attached hydrogens (tertiary/aromatic N) is 2. The van der Waals surface area contributed by atoms with E-state index in [9.17, 15) is 14.7 Å². The zero-order valence-electron chi connectivity index (χ0n) is 18.1. The first kappa shape index (κ1) is 21.0. The largest absolute Gasteiger partial charge is 0.508 e. The van der Waals surface area contributed by atoms with E-state index in [0.717, 1.165) is 6.42 Å². The lowest BCUT2D eigenvalue weighted by Gasteiger charge is -2.29. The minimum atomic E-state index is -0.988. The fourth-order valence-electron chi connectivity index (χ4n) is 4.43. The third kappa shape index (κ3) is 3.60. The van der Waals surface area contributed by atoms with E-state index < -0.39 is 24.0 Å². The van der Waals surface area contributed by atoms with Crippen LogP contribution in [0.5, 0.6) is 11.5 Å². The van der Waals surface area contributed by atoms with Crippen molar-refractivity contribution in [2.24, 2.45) is 5.92 Å². The van der Waals surface area contributed by atoms with E-state index in [2.05, 4.69) is 0 Å². The van der Waals surface area contributed by atoms with Crippen LogP contribution in [0.4, 0.5) is 11.4 Å². The highest BCUT2D eigenvalue weighted by atomic mass is 16.7. The zero-order valence-corrected chi connectivity index (χ0v) is 18.1. The number of aromatic hydroxyl groups is 1. The van der Waals surface area contributed by atoms with Crippen molar-refractivity contribution in [2.75, 3.05) is 16.6 Å². The molecular weight excluding hydrogens is 420 g/mol. The van der Waals surface area contributed by atoms with Gasteiger partial charge in [0, 0.05) is 5.56 Å². The molecule has 168 valence electrons. The van der Waals surface area contributed by atoms with Crippen molar-refractivity contribution in [3.05, 3.63) is 84.4 Å². The molecule has 3 atom stereocenters. The highest BCUT2D eigenvalue weighted by molar-refractivity contribution is 6.24. The Morgan fingerprint density at radius 3 is 2.27 bits per heavy atom. The molecule has 2 aliphatic heterocycles. The van der Waals surface area contributed by atoms with E-state index in [-0.39, 0.29) is 11.7 Å². The number of ether oxygens (including phenoxy) is 1. The molecule has 7 heteroatoms. The quantitative estimate of drug-likeness (QED) is 0.573. The Balaban J connectivity index is 1.51. The van der Waals surface area contributed by atoms with E-state index in [4.69, 9.17) is 9.57 Å². The Morgan fingerprint density at radius 1 is 0.879 bits per heavy atom. The molecule has 0 bridgehead atoms. The number of hydroxylamine groups is 1. The molecule has 1 N–H and O–H groups in total. The number of anilines is 2. The molecule has 2 amide bonds. The lowest BCUT2D eigenvalue weighted by atomic mass is 9.90. The van der Waals surface area contributed by atoms with Gasteiger partial charge < -0.3 is 9.84 Å². The molecule has 2 heterocycles. The summed E-state index contributed by atoms with van der Waals surface area (Å²) in [6.45, 7) is 2.62. The Labute approximate surface area is 191 Å². The summed E-state index contributed by atoms with van der Waals surface area (Å²) in [4.78, 5) is 34.2. The van der Waals surface area contributed by atoms with Crippen LogP contribution in [0, 0.1) is 5.92 Å². The van der Waals surface area contributed by atoms with Gasteiger partial charge in [0.2, 0.25) is 5.91 Å². The van der Waals surface area contributed by atoms with Gasteiger partial charge >= 0.3 is 0 Å². The maximum Gasteiger partial charge on any atom is 0.266 e. The summed E-state index contributed by atoms with van der Waals surface area (Å²) >= 11 is 0. The predicted molar refractivity (Wildman–Crippen MR) is 123 cm³/mol. The van der Waals surface area contributed by atoms with Crippen molar-refractivity contribution in [3.63, 3.8) is 0 Å². The molecule has 0 unspecified atom stereocenters. The fraction of sp³-hybridized carbons (Fsp3) is 0.231. The van der Waals surface area contributed by atoms with Crippen molar-refractivity contribution in [3.8, 4) is 11.5 Å². The first-order valence-corrected chi connectivity index (χ1v) is 11.0. The molecule has 33 heavy (non-hydrogen) atoms. The number of amides is 2. The molecule has 0 spiro atoms. The molecule has 2 fully saturated rings. The topological polar surface area (TPSA) is 79.3 Å². The number of fused-ring (bicyclic) bond motifs is 1. The van der Waals surface area contributed by atoms with Crippen LogP contribution in [-0.4, -0.2) is 29.6 Å². The lowest BCUT2D eigenvalue weighted by molar-refractivity contribution is -0.126. The summed E-state index contributed by atoms with van der Waals surface area (Å²) in [7, 11) is 0. The number of benzene rings is 3. The highest BCUT2D eigenvalue weighted by Crippen LogP contribution is 2.49. The van der Waals surface area contributed by atoms with Crippen molar-refractivity contribution < 1.29 is 24.3 Å². The molecule has 3 aromatic carbocycles. The normalized spacial score (nSPS) is 22.0. The van der Waals surface area contributed by atoms with Gasteiger partial charge in [0.25, 0.3) is 5.91 Å². The Kier molecular flexibility index (Phi) is 5.48. The minimum absolute atomic E-state index is 0.0452. The molecule has 0 saturated carbocycles. The van der Waals surface area contributed by atoms with Crippen molar-refractivity contribution in [1.82, 2.24) is 0 Å². The predicted octanol–water partition coefficient (Wildman–Crippen LogP) is 4.23. The average Bonchev–Trinajstić information content (AvgIpc) is 3.35. The maximum atomic E-state index is 13.6. The zero-order chi connectivity index (χ0) is 22.9. The van der Waals surface area contributed by atoms with Gasteiger partial charge in [0.05, 0.1) is 24.0 Å². The molecule has 2 aliphatic rings. The third-order valence-corrected chi connectivity index (χ3v) is 5.95. The van der Waals surface area contributed by atoms with Crippen LogP contribution < -0.4 is 14.7 Å². The van der Waals surface area contributed by atoms with Gasteiger partial charge in [-0.05, 0) is 48.9 Å². The molecule has 5 rings (SSSR count). The third-order valence-electron chi connectivity index (χ3n) is 5.95. The Hall–Kier alpha value is -3.84. The molecule has 7 nitrogen and oxygen atoms in total. The van der Waals surface area contributed by atoms with Crippen molar-refractivity contribution in [2.45, 2.75) is 25.5 Å². The van der Waals surface area contributed by atoms with Gasteiger partial charge in [-0.1, -0.05) is 43.3 Å². The van der Waals surface area contributed by atoms with Crippen LogP contribution >= 0.6 is 0 Å². The first-order chi connectivity index (χ1) is 16.1. The second-order valence-electron chi connectivity index (χ2n) is 8.07. The Bertz CT molecular complexity index is 1160. The molecule has 0 radical (unpaired) electrons. The smallest absolute Gasteiger partial charge is 0.266 e. The van der Waals surface area contributed by atoms with Crippen LogP contribution in [0.1, 0.15) is 24.9 Å². The number of imide groups is 1. The standard InChI is InChI=1S/C26H24N2O5/c1-2-16-32-19-14-12-17(13-15-19)27-25(30)22-23(20-10-6-7-11-21(20)29)28(33-24(22)26(27)31)18-8-4-3-5-9-18/h3-15,22-24,29H,2,16H2,1H3/t22-,23+,24+/m1/s1. The second kappa shape index (κ2) is 8.60. The van der Waals surface area contributed by atoms with Crippen molar-refractivity contribution in [1.29, 1.82) is 0 Å². The van der Waals surface area contributed by atoms with Gasteiger partial charge in [-0.25, -0.2) is 9.96 Å². The van der Waals surface area contributed by atoms with Crippen LogP contribution in [0.15, 0.2) is 78.9 Å². The monoisotopic (exact) mass is 444 g/mol. The van der Waals surface area contributed by atoms with Gasteiger partial charge in [-0.2, -0.15) is 0 Å². The summed E-state index contributed by atoms with van der Waals surface area (Å²) < 4.78 is 5.60. The van der Waals surface area contributed by atoms with Crippen LogP contribution in [-0.2, 0) is 14.4 Å². The average molecular weight is 444 g/mol. The summed E-state index contributed by atoms with van der Waals surface area (Å²) in [6.07, 6.45) is -0.102. The molecule has 0 aromatic heterocycles. The summed E-state index contributed by atoms with van der Waals surface area (Å²) in [5, 5.41) is 12.2. The number of hydrogen-bond donors (Lipinski definition) is 1. The SMILES string of the molecule is CCCOc1ccc(N2C(=O)[C@H]3[C@H](ON(c4ccccc4)[C@H]3c3ccccc3O)C2=O)cc1. The second-order valence-corrected chi connectivity index (χ2v) is 8.07. The number of carbonyl (C=O) groups excluding carboxylic acids is 2. The van der Waals surface area contributed by atoms with Crippen LogP contribution in [0.25, 0.3) is 0 Å². The fourth-order valence-corrected chi connectivity index (χ4v) is 4.43. The van der Waals surface area contributed by atoms with E-state index in [0.29, 0.717) is 29.3 Å². The van der Waals surface area contributed by atoms with E-state index in [1.807, 2.05) is 37.3 Å². The summed E-state index contributed by atoms with van der Waals surface area (Å²) in [5.74, 6) is -0.866. The number of para-hydroxylation sites is 2. The van der Waals surface area contributed by atoms with Gasteiger partial charge in [0.1, 0.15) is 17.4 Å². The van der Waals surface area contributed by atoms with Crippen LogP contribution in [0.2, 0.25) is 0 Å². The molecule has 3 aromatic rings. The first-order valence-electron chi connectivity index (χ1n) is 11.0. The number of rotatable bonds is 6. The maximum absolute atomic E-state index is 13.6. The Morgan fingerprint density at radius 2 is 1.58 bits per heavy atom. The van der Waals surface area contributed by atoms with E-state index in [1.54, 1.807) is 53.6 Å². The lowest BCUT2D eigenvalue weighted by Crippen LogP contribution is -2.37. The number of phenolic OH excluding ortho intramolecular Hbond substituents is 1. The van der Waals surface area contributed by atoms with Gasteiger partial charge in [0.15, 0.2) is 6.10 Å². The van der Waals surface area contributed by atoms with Crippen molar-refractivity contribution >= 4 is 23.2 Å². The molecule has 0 aliphatic carbocycles. The highest BCUT2D eigenvalue weighted by Gasteiger charge is 2.60. The number of hydrogen-bond acceptors (Lipinski definition) is 6. The molecular formula is C26H24N2O5. The van der Waals surface area contributed by atoms with Crippen LogP contribution in [0.3, 0.4) is 0 Å². The summed E-state index contributed by atoms with van der Waals surface area (Å²) in [6, 6.07) is 22.3. The van der Waals surface area contributed by atoms with E-state index >= 15 is 0 Å². The van der Waals surface area contributed by atoms with E-state index in [1.165, 1.54) is 4.90 Å². The number of carbonyl (C=O) groups is 2. The number of phenols is 1.